The fourth-order valence-electron chi connectivity index (χ4n) is 0.683. The zero-order valence-electron chi connectivity index (χ0n) is 4.86. The van der Waals surface area contributed by atoms with Gasteiger partial charge in [-0.25, -0.2) is 0 Å². The lowest BCUT2D eigenvalue weighted by molar-refractivity contribution is 0.696. The van der Waals surface area contributed by atoms with E-state index in [0.29, 0.717) is 12.2 Å². The van der Waals surface area contributed by atoms with Gasteiger partial charge in [0.1, 0.15) is 0 Å². The molecule has 7 heavy (non-hydrogen) atoms. The number of likely N-dealkylation sites (N-methyl/N-ethyl adjacent to an activating group) is 1. The van der Waals surface area contributed by atoms with E-state index >= 15 is 0 Å². The summed E-state index contributed by atoms with van der Waals surface area (Å²) in [6.07, 6.45) is 0.616. The van der Waals surface area contributed by atoms with Gasteiger partial charge < -0.3 is 5.32 Å². The summed E-state index contributed by atoms with van der Waals surface area (Å²) >= 11 is 0. The maximum Gasteiger partial charge on any atom is 0.0730 e. The van der Waals surface area contributed by atoms with Gasteiger partial charge >= 0.3 is 0 Å². The average Bonchev–Trinajstić information content (AvgIpc) is 2.22. The van der Waals surface area contributed by atoms with E-state index in [4.69, 9.17) is 0 Å². The van der Waals surface area contributed by atoms with Gasteiger partial charge in [-0.2, -0.15) is 0 Å². The Labute approximate surface area is 44.3 Å². The second-order valence-corrected chi connectivity index (χ2v) is 1.99. The van der Waals surface area contributed by atoms with E-state index in [1.54, 1.807) is 0 Å². The Morgan fingerprint density at radius 3 is 2.43 bits per heavy atom. The Bertz CT molecular complexity index is 63.1. The lowest BCUT2D eigenvalue weighted by atomic mass is 10.5. The van der Waals surface area contributed by atoms with Gasteiger partial charge in [-0.05, 0) is 13.5 Å². The van der Waals surface area contributed by atoms with Gasteiger partial charge in [-0.1, -0.05) is 6.92 Å². The molecule has 0 radical (unpaired) electrons. The van der Waals surface area contributed by atoms with Crippen LogP contribution in [0.2, 0.25) is 0 Å². The largest absolute Gasteiger partial charge is 0.301 e. The SMILES string of the molecule is CCNC1NC1C. The molecule has 1 fully saturated rings. The van der Waals surface area contributed by atoms with Gasteiger partial charge in [0.25, 0.3) is 0 Å². The van der Waals surface area contributed by atoms with Gasteiger partial charge in [0.05, 0.1) is 6.17 Å². The molecule has 2 unspecified atom stereocenters. The third-order valence-corrected chi connectivity index (χ3v) is 1.26. The summed E-state index contributed by atoms with van der Waals surface area (Å²) in [5.41, 5.74) is 0. The van der Waals surface area contributed by atoms with Crippen LogP contribution in [-0.4, -0.2) is 18.8 Å². The van der Waals surface area contributed by atoms with Crippen molar-refractivity contribution in [3.05, 3.63) is 0 Å². The van der Waals surface area contributed by atoms with E-state index < -0.39 is 0 Å². The predicted molar refractivity (Wildman–Crippen MR) is 30.1 cm³/mol. The number of rotatable bonds is 2. The third-order valence-electron chi connectivity index (χ3n) is 1.26. The smallest absolute Gasteiger partial charge is 0.0730 e. The highest BCUT2D eigenvalue weighted by molar-refractivity contribution is 4.91. The molecular formula is C5H12N2. The zero-order chi connectivity index (χ0) is 5.28. The second-order valence-electron chi connectivity index (χ2n) is 1.99. The van der Waals surface area contributed by atoms with Crippen LogP contribution in [0.15, 0.2) is 0 Å². The quantitative estimate of drug-likeness (QED) is 0.476. The van der Waals surface area contributed by atoms with Crippen LogP contribution in [0, 0.1) is 0 Å². The minimum absolute atomic E-state index is 0.616. The van der Waals surface area contributed by atoms with Crippen molar-refractivity contribution in [3.8, 4) is 0 Å². The van der Waals surface area contributed by atoms with Crippen molar-refractivity contribution in [1.29, 1.82) is 0 Å². The molecule has 0 bridgehead atoms. The van der Waals surface area contributed by atoms with E-state index in [0.717, 1.165) is 6.54 Å². The van der Waals surface area contributed by atoms with Crippen LogP contribution in [0.25, 0.3) is 0 Å². The van der Waals surface area contributed by atoms with Crippen molar-refractivity contribution in [2.24, 2.45) is 0 Å². The molecule has 0 aromatic carbocycles. The molecule has 0 amide bonds. The van der Waals surface area contributed by atoms with E-state index in [1.165, 1.54) is 0 Å². The molecule has 0 aromatic rings. The van der Waals surface area contributed by atoms with Crippen LogP contribution in [-0.2, 0) is 0 Å². The molecule has 2 heteroatoms. The van der Waals surface area contributed by atoms with Gasteiger partial charge in [0.2, 0.25) is 0 Å². The molecule has 2 nitrogen and oxygen atoms in total. The van der Waals surface area contributed by atoms with Crippen LogP contribution in [0.5, 0.6) is 0 Å². The minimum atomic E-state index is 0.616. The van der Waals surface area contributed by atoms with Crippen LogP contribution in [0.3, 0.4) is 0 Å². The van der Waals surface area contributed by atoms with Crippen molar-refractivity contribution >= 4 is 0 Å². The average molecular weight is 100 g/mol. The first kappa shape index (κ1) is 5.06. The van der Waals surface area contributed by atoms with Gasteiger partial charge in [-0.3, -0.25) is 5.32 Å². The molecule has 0 saturated carbocycles. The standard InChI is InChI=1S/C5H12N2/c1-3-6-5-4(2)7-5/h4-7H,3H2,1-2H3. The molecule has 1 heterocycles. The highest BCUT2D eigenvalue weighted by Crippen LogP contribution is 2.03. The second kappa shape index (κ2) is 1.80. The molecule has 2 atom stereocenters. The van der Waals surface area contributed by atoms with E-state index in [9.17, 15) is 0 Å². The molecule has 0 aliphatic carbocycles. The molecule has 1 rings (SSSR count). The van der Waals surface area contributed by atoms with Crippen LogP contribution in [0.1, 0.15) is 13.8 Å². The van der Waals surface area contributed by atoms with Crippen molar-refractivity contribution in [1.82, 2.24) is 10.6 Å². The summed E-state index contributed by atoms with van der Waals surface area (Å²) in [5.74, 6) is 0. The maximum absolute atomic E-state index is 3.26. The Hall–Kier alpha value is -0.0800. The molecule has 1 aliphatic rings. The normalized spacial score (nSPS) is 38.6. The summed E-state index contributed by atoms with van der Waals surface area (Å²) in [5, 5.41) is 6.48. The van der Waals surface area contributed by atoms with E-state index in [1.807, 2.05) is 0 Å². The first-order valence-corrected chi connectivity index (χ1v) is 2.84. The van der Waals surface area contributed by atoms with Gasteiger partial charge in [0, 0.05) is 6.04 Å². The van der Waals surface area contributed by atoms with Crippen molar-refractivity contribution < 1.29 is 0 Å². The molecule has 2 N–H and O–H groups in total. The Morgan fingerprint density at radius 1 is 1.71 bits per heavy atom. The monoisotopic (exact) mass is 100 g/mol. The number of hydrogen-bond donors (Lipinski definition) is 2. The van der Waals surface area contributed by atoms with Crippen LogP contribution >= 0.6 is 0 Å². The Balaban J connectivity index is 1.98. The highest BCUT2D eigenvalue weighted by atomic mass is 15.3. The van der Waals surface area contributed by atoms with Crippen molar-refractivity contribution in [2.45, 2.75) is 26.1 Å². The fraction of sp³-hybridized carbons (Fsp3) is 1.00. The highest BCUT2D eigenvalue weighted by Gasteiger charge is 2.29. The summed E-state index contributed by atoms with van der Waals surface area (Å²) in [6.45, 7) is 5.36. The Kier molecular flexibility index (Phi) is 1.30. The Morgan fingerprint density at radius 2 is 2.29 bits per heavy atom. The van der Waals surface area contributed by atoms with Crippen molar-refractivity contribution in [3.63, 3.8) is 0 Å². The predicted octanol–water partition coefficient (Wildman–Crippen LogP) is -0.0863. The molecule has 1 saturated heterocycles. The summed E-state index contributed by atoms with van der Waals surface area (Å²) in [7, 11) is 0. The summed E-state index contributed by atoms with van der Waals surface area (Å²) < 4.78 is 0. The van der Waals surface area contributed by atoms with Gasteiger partial charge in [-0.15, -0.1) is 0 Å². The van der Waals surface area contributed by atoms with Crippen LogP contribution < -0.4 is 10.6 Å². The lowest BCUT2D eigenvalue weighted by Crippen LogP contribution is -2.19. The third kappa shape index (κ3) is 1.14. The molecule has 0 aromatic heterocycles. The fourth-order valence-corrected chi connectivity index (χ4v) is 0.683. The zero-order valence-corrected chi connectivity index (χ0v) is 4.86. The number of nitrogens with one attached hydrogen (secondary N) is 2. The maximum atomic E-state index is 3.26. The first-order valence-electron chi connectivity index (χ1n) is 2.84. The topological polar surface area (TPSA) is 34.0 Å². The van der Waals surface area contributed by atoms with E-state index in [-0.39, 0.29) is 0 Å². The first-order chi connectivity index (χ1) is 3.34. The van der Waals surface area contributed by atoms with Crippen LogP contribution in [0.4, 0.5) is 0 Å². The number of hydrogen-bond acceptors (Lipinski definition) is 2. The molecule has 0 spiro atoms. The molecular weight excluding hydrogens is 88.1 g/mol. The lowest BCUT2D eigenvalue weighted by Gasteiger charge is -1.90. The van der Waals surface area contributed by atoms with Crippen molar-refractivity contribution in [2.75, 3.05) is 6.54 Å². The minimum Gasteiger partial charge on any atom is -0.301 e. The summed E-state index contributed by atoms with van der Waals surface area (Å²) in [6, 6.07) is 0.708. The van der Waals surface area contributed by atoms with Gasteiger partial charge in [0.15, 0.2) is 0 Å². The molecule has 1 aliphatic heterocycles. The van der Waals surface area contributed by atoms with E-state index in [2.05, 4.69) is 24.5 Å². The molecule has 42 valence electrons. The summed E-state index contributed by atoms with van der Waals surface area (Å²) in [4.78, 5) is 0.